The first-order valence-corrected chi connectivity index (χ1v) is 10.1. The first-order chi connectivity index (χ1) is 13.6. The lowest BCUT2D eigenvalue weighted by Crippen LogP contribution is -2.39. The van der Waals surface area contributed by atoms with Crippen molar-refractivity contribution >= 4 is 22.8 Å². The van der Waals surface area contributed by atoms with Gasteiger partial charge >= 0.3 is 5.97 Å². The van der Waals surface area contributed by atoms with Crippen molar-refractivity contribution in [2.24, 2.45) is 10.8 Å². The van der Waals surface area contributed by atoms with Gasteiger partial charge < -0.3 is 18.8 Å². The second-order valence-corrected chi connectivity index (χ2v) is 9.73. The molecule has 0 N–H and O–H groups in total. The van der Waals surface area contributed by atoms with Crippen LogP contribution in [0, 0.1) is 17.8 Å². The van der Waals surface area contributed by atoms with Crippen LogP contribution in [0.25, 0.3) is 11.0 Å². The molecule has 2 heterocycles. The summed E-state index contributed by atoms with van der Waals surface area (Å²) in [6.07, 6.45) is 3.13. The topological polar surface area (TPSA) is 69.0 Å². The van der Waals surface area contributed by atoms with Gasteiger partial charge in [0.05, 0.1) is 7.11 Å². The molecule has 2 bridgehead atoms. The van der Waals surface area contributed by atoms with Crippen LogP contribution in [-0.2, 0) is 9.53 Å². The summed E-state index contributed by atoms with van der Waals surface area (Å²) in [5.41, 5.74) is 1.66. The molecule has 1 aliphatic carbocycles. The molecule has 0 unspecified atom stereocenters. The molecular formula is C23H29NO5. The zero-order chi connectivity index (χ0) is 21.0. The zero-order valence-electron chi connectivity index (χ0n) is 17.8. The van der Waals surface area contributed by atoms with Crippen molar-refractivity contribution in [3.8, 4) is 5.75 Å². The Hall–Kier alpha value is -2.50. The number of benzene rings is 1. The van der Waals surface area contributed by atoms with Gasteiger partial charge in [0.2, 0.25) is 5.76 Å². The van der Waals surface area contributed by atoms with Gasteiger partial charge in [-0.05, 0) is 55.2 Å². The highest BCUT2D eigenvalue weighted by Crippen LogP contribution is 2.52. The number of hydrogen-bond donors (Lipinski definition) is 0. The molecule has 1 aromatic carbocycles. The summed E-state index contributed by atoms with van der Waals surface area (Å²) < 4.78 is 16.3. The van der Waals surface area contributed by atoms with E-state index in [1.165, 1.54) is 0 Å². The Bertz CT molecular complexity index is 975. The maximum atomic E-state index is 12.8. The van der Waals surface area contributed by atoms with E-state index in [1.54, 1.807) is 26.2 Å². The van der Waals surface area contributed by atoms with Crippen LogP contribution >= 0.6 is 0 Å². The van der Waals surface area contributed by atoms with Gasteiger partial charge in [-0.15, -0.1) is 0 Å². The number of fused-ring (bicyclic) bond motifs is 3. The molecule has 2 fully saturated rings. The van der Waals surface area contributed by atoms with E-state index in [4.69, 9.17) is 13.9 Å². The van der Waals surface area contributed by atoms with Gasteiger partial charge in [0, 0.05) is 23.5 Å². The fraction of sp³-hybridized carbons (Fsp3) is 0.565. The number of furan rings is 1. The van der Waals surface area contributed by atoms with E-state index < -0.39 is 5.97 Å². The number of rotatable bonds is 4. The Morgan fingerprint density at radius 2 is 2.00 bits per heavy atom. The second-order valence-electron chi connectivity index (χ2n) is 9.73. The maximum Gasteiger partial charge on any atom is 0.375 e. The van der Waals surface area contributed by atoms with Gasteiger partial charge in [0.15, 0.2) is 6.61 Å². The van der Waals surface area contributed by atoms with Crippen molar-refractivity contribution in [1.82, 2.24) is 4.90 Å². The van der Waals surface area contributed by atoms with Crippen LogP contribution in [0.4, 0.5) is 0 Å². The molecular weight excluding hydrogens is 370 g/mol. The number of esters is 1. The molecule has 1 saturated carbocycles. The lowest BCUT2D eigenvalue weighted by molar-refractivity contribution is -0.135. The average Bonchev–Trinajstić information content (AvgIpc) is 3.11. The summed E-state index contributed by atoms with van der Waals surface area (Å²) in [6.45, 7) is 9.07. The summed E-state index contributed by atoms with van der Waals surface area (Å²) in [4.78, 5) is 27.3. The molecule has 1 aromatic heterocycles. The molecule has 2 aromatic rings. The highest BCUT2D eigenvalue weighted by atomic mass is 16.5. The first kappa shape index (κ1) is 19.8. The third kappa shape index (κ3) is 3.61. The van der Waals surface area contributed by atoms with Crippen molar-refractivity contribution in [1.29, 1.82) is 0 Å². The van der Waals surface area contributed by atoms with Crippen molar-refractivity contribution in [3.63, 3.8) is 0 Å². The molecule has 0 spiro atoms. The molecule has 6 heteroatoms. The summed E-state index contributed by atoms with van der Waals surface area (Å²) in [5, 5.41) is 0.797. The number of aryl methyl sites for hydroxylation is 1. The number of carbonyl (C=O) groups is 2. The number of amides is 1. The Kier molecular flexibility index (Phi) is 4.63. The van der Waals surface area contributed by atoms with Gasteiger partial charge in [-0.1, -0.05) is 20.8 Å². The van der Waals surface area contributed by atoms with Gasteiger partial charge in [-0.3, -0.25) is 4.79 Å². The van der Waals surface area contributed by atoms with Crippen LogP contribution in [0.15, 0.2) is 22.6 Å². The number of nitrogens with zero attached hydrogens (tertiary/aromatic N) is 1. The second kappa shape index (κ2) is 6.78. The Morgan fingerprint density at radius 3 is 2.72 bits per heavy atom. The van der Waals surface area contributed by atoms with Crippen LogP contribution in [-0.4, -0.2) is 43.1 Å². The van der Waals surface area contributed by atoms with Gasteiger partial charge in [-0.25, -0.2) is 4.79 Å². The van der Waals surface area contributed by atoms with Crippen LogP contribution in [0.5, 0.6) is 5.75 Å². The number of ether oxygens (including phenoxy) is 2. The monoisotopic (exact) mass is 399 g/mol. The Labute approximate surface area is 171 Å². The molecule has 0 radical (unpaired) electrons. The minimum absolute atomic E-state index is 0.125. The highest BCUT2D eigenvalue weighted by molar-refractivity contribution is 5.97. The number of methoxy groups -OCH3 is 1. The van der Waals surface area contributed by atoms with E-state index in [2.05, 4.69) is 20.8 Å². The predicted octanol–water partition coefficient (Wildman–Crippen LogP) is 4.33. The zero-order valence-corrected chi connectivity index (χ0v) is 17.8. The molecule has 4 rings (SSSR count). The summed E-state index contributed by atoms with van der Waals surface area (Å²) >= 11 is 0. The molecule has 1 amide bonds. The number of hydrogen-bond acceptors (Lipinski definition) is 5. The molecule has 29 heavy (non-hydrogen) atoms. The van der Waals surface area contributed by atoms with E-state index in [-0.39, 0.29) is 35.1 Å². The first-order valence-electron chi connectivity index (χ1n) is 10.1. The minimum atomic E-state index is -0.611. The summed E-state index contributed by atoms with van der Waals surface area (Å²) in [5.74, 6) is 0.0855. The normalized spacial score (nSPS) is 25.3. The maximum absolute atomic E-state index is 12.8. The number of carbonyl (C=O) groups excluding carboxylic acids is 2. The van der Waals surface area contributed by atoms with E-state index in [0.717, 1.165) is 31.2 Å². The third-order valence-electron chi connectivity index (χ3n) is 6.39. The van der Waals surface area contributed by atoms with Crippen molar-refractivity contribution in [3.05, 3.63) is 29.5 Å². The largest absolute Gasteiger partial charge is 0.497 e. The van der Waals surface area contributed by atoms with Crippen LogP contribution in [0.3, 0.4) is 0 Å². The molecule has 6 nitrogen and oxygen atoms in total. The minimum Gasteiger partial charge on any atom is -0.497 e. The van der Waals surface area contributed by atoms with E-state index >= 15 is 0 Å². The third-order valence-corrected chi connectivity index (χ3v) is 6.39. The van der Waals surface area contributed by atoms with Gasteiger partial charge in [-0.2, -0.15) is 0 Å². The average molecular weight is 399 g/mol. The van der Waals surface area contributed by atoms with Gasteiger partial charge in [0.1, 0.15) is 11.3 Å². The van der Waals surface area contributed by atoms with E-state index in [0.29, 0.717) is 16.9 Å². The Balaban J connectivity index is 1.44. The van der Waals surface area contributed by atoms with E-state index in [9.17, 15) is 9.59 Å². The van der Waals surface area contributed by atoms with E-state index in [1.807, 2.05) is 11.0 Å². The quantitative estimate of drug-likeness (QED) is 0.716. The number of likely N-dealkylation sites (tertiary alicyclic amines) is 1. The van der Waals surface area contributed by atoms with Gasteiger partial charge in [0.25, 0.3) is 5.91 Å². The highest BCUT2D eigenvalue weighted by Gasteiger charge is 2.50. The fourth-order valence-corrected chi connectivity index (χ4v) is 5.55. The Morgan fingerprint density at radius 1 is 1.24 bits per heavy atom. The smallest absolute Gasteiger partial charge is 0.375 e. The molecule has 1 saturated heterocycles. The molecule has 2 aliphatic rings. The lowest BCUT2D eigenvalue weighted by atomic mass is 9.65. The lowest BCUT2D eigenvalue weighted by Gasteiger charge is -2.39. The SMILES string of the molecule is COc1ccc2oc(C(=O)OCC(=O)N3C[C@@]4(C)C[C@@H]3CC(C)(C)C4)c(C)c2c1. The predicted molar refractivity (Wildman–Crippen MR) is 109 cm³/mol. The van der Waals surface area contributed by atoms with Crippen molar-refractivity contribution < 1.29 is 23.5 Å². The molecule has 2 atom stereocenters. The van der Waals surface area contributed by atoms with Crippen LogP contribution < -0.4 is 4.74 Å². The standard InChI is InChI=1S/C23H29NO5/c1-14-17-8-16(27-5)6-7-18(17)29-20(14)21(26)28-11-19(25)24-13-23(4)10-15(24)9-22(2,3)12-23/h6-8,15H,9-13H2,1-5H3/t15-,23-/m0/s1. The van der Waals surface area contributed by atoms with Crippen LogP contribution in [0.2, 0.25) is 0 Å². The van der Waals surface area contributed by atoms with Crippen molar-refractivity contribution in [2.45, 2.75) is 53.0 Å². The summed E-state index contributed by atoms with van der Waals surface area (Å²) in [7, 11) is 1.59. The molecule has 1 aliphatic heterocycles. The molecule has 156 valence electrons. The fourth-order valence-electron chi connectivity index (χ4n) is 5.55. The van der Waals surface area contributed by atoms with Crippen LogP contribution in [0.1, 0.15) is 56.2 Å². The summed E-state index contributed by atoms with van der Waals surface area (Å²) in [6, 6.07) is 5.59. The van der Waals surface area contributed by atoms with Crippen molar-refractivity contribution in [2.75, 3.05) is 20.3 Å².